The average Bonchev–Trinajstić information content (AvgIpc) is 2.43. The smallest absolute Gasteiger partial charge is 0.222 e. The Kier molecular flexibility index (Phi) is 4.81. The highest BCUT2D eigenvalue weighted by Crippen LogP contribution is 2.25. The van der Waals surface area contributed by atoms with E-state index in [0.29, 0.717) is 17.1 Å². The van der Waals surface area contributed by atoms with Crippen molar-refractivity contribution >= 4 is 21.9 Å². The van der Waals surface area contributed by atoms with E-state index in [2.05, 4.69) is 36.5 Å². The van der Waals surface area contributed by atoms with Gasteiger partial charge in [-0.3, -0.25) is 0 Å². The van der Waals surface area contributed by atoms with Crippen molar-refractivity contribution in [3.8, 4) is 11.1 Å². The van der Waals surface area contributed by atoms with Gasteiger partial charge in [0, 0.05) is 41.1 Å². The number of anilines is 1. The quantitative estimate of drug-likeness (QED) is 0.830. The molecule has 4 nitrogen and oxygen atoms in total. The van der Waals surface area contributed by atoms with E-state index in [9.17, 15) is 4.39 Å². The molecule has 0 aliphatic carbocycles. The second-order valence-corrected chi connectivity index (χ2v) is 4.87. The monoisotopic (exact) mass is 324 g/mol. The van der Waals surface area contributed by atoms with E-state index in [-0.39, 0.29) is 5.82 Å². The van der Waals surface area contributed by atoms with Gasteiger partial charge in [-0.15, -0.1) is 0 Å². The van der Waals surface area contributed by atoms with Crippen LogP contribution in [0.1, 0.15) is 0 Å². The Morgan fingerprint density at radius 2 is 1.95 bits per heavy atom. The number of likely N-dealkylation sites (N-methyl/N-ethyl adjacent to an activating group) is 1. The van der Waals surface area contributed by atoms with Gasteiger partial charge in [-0.2, -0.15) is 0 Å². The molecular formula is C13H14BrFN4. The second kappa shape index (κ2) is 6.58. The highest BCUT2D eigenvalue weighted by atomic mass is 79.9. The molecular weight excluding hydrogens is 311 g/mol. The van der Waals surface area contributed by atoms with Crippen molar-refractivity contribution in [2.45, 2.75) is 0 Å². The number of aromatic nitrogens is 2. The number of benzene rings is 1. The third-order valence-corrected chi connectivity index (χ3v) is 3.04. The third kappa shape index (κ3) is 3.71. The highest BCUT2D eigenvalue weighted by Gasteiger charge is 2.07. The van der Waals surface area contributed by atoms with Gasteiger partial charge in [-0.25, -0.2) is 14.4 Å². The molecule has 100 valence electrons. The Morgan fingerprint density at radius 1 is 1.21 bits per heavy atom. The molecule has 1 heterocycles. The maximum Gasteiger partial charge on any atom is 0.222 e. The van der Waals surface area contributed by atoms with E-state index in [4.69, 9.17) is 0 Å². The van der Waals surface area contributed by atoms with Crippen LogP contribution in [0.2, 0.25) is 0 Å². The summed E-state index contributed by atoms with van der Waals surface area (Å²) in [4.78, 5) is 8.33. The average molecular weight is 325 g/mol. The van der Waals surface area contributed by atoms with Gasteiger partial charge in [0.1, 0.15) is 5.82 Å². The van der Waals surface area contributed by atoms with Crippen LogP contribution < -0.4 is 10.6 Å². The zero-order valence-electron chi connectivity index (χ0n) is 10.5. The maximum atomic E-state index is 13.7. The van der Waals surface area contributed by atoms with Crippen molar-refractivity contribution in [2.24, 2.45) is 0 Å². The molecule has 0 radical (unpaired) electrons. The summed E-state index contributed by atoms with van der Waals surface area (Å²) >= 11 is 3.32. The van der Waals surface area contributed by atoms with Crippen LogP contribution in [0, 0.1) is 5.82 Å². The fourth-order valence-electron chi connectivity index (χ4n) is 1.58. The van der Waals surface area contributed by atoms with Gasteiger partial charge in [0.05, 0.1) is 0 Å². The van der Waals surface area contributed by atoms with E-state index in [1.54, 1.807) is 24.5 Å². The van der Waals surface area contributed by atoms with E-state index >= 15 is 0 Å². The van der Waals surface area contributed by atoms with Crippen LogP contribution in [-0.2, 0) is 0 Å². The Labute approximate surface area is 119 Å². The van der Waals surface area contributed by atoms with Gasteiger partial charge in [0.25, 0.3) is 0 Å². The van der Waals surface area contributed by atoms with E-state index in [1.165, 1.54) is 6.07 Å². The fraction of sp³-hybridized carbons (Fsp3) is 0.231. The lowest BCUT2D eigenvalue weighted by atomic mass is 10.1. The summed E-state index contributed by atoms with van der Waals surface area (Å²) in [6, 6.07) is 4.79. The number of hydrogen-bond acceptors (Lipinski definition) is 4. The molecule has 0 amide bonds. The molecule has 2 aromatic rings. The molecule has 0 saturated heterocycles. The Balaban J connectivity index is 2.15. The van der Waals surface area contributed by atoms with Crippen LogP contribution in [0.25, 0.3) is 11.1 Å². The van der Waals surface area contributed by atoms with Gasteiger partial charge in [0.15, 0.2) is 0 Å². The maximum absolute atomic E-state index is 13.7. The number of nitrogens with one attached hydrogen (secondary N) is 2. The lowest BCUT2D eigenvalue weighted by Gasteiger charge is -2.06. The number of halogens is 2. The highest BCUT2D eigenvalue weighted by molar-refractivity contribution is 9.10. The molecule has 0 fully saturated rings. The molecule has 2 N–H and O–H groups in total. The summed E-state index contributed by atoms with van der Waals surface area (Å²) in [5.41, 5.74) is 1.13. The molecule has 0 saturated carbocycles. The minimum absolute atomic E-state index is 0.289. The molecule has 2 rings (SSSR count). The predicted molar refractivity (Wildman–Crippen MR) is 77.5 cm³/mol. The minimum Gasteiger partial charge on any atom is -0.353 e. The number of nitrogens with zero attached hydrogens (tertiary/aromatic N) is 2. The molecule has 0 atom stereocenters. The lowest BCUT2D eigenvalue weighted by Crippen LogP contribution is -2.18. The first kappa shape index (κ1) is 13.9. The largest absolute Gasteiger partial charge is 0.353 e. The third-order valence-electron chi connectivity index (χ3n) is 2.55. The van der Waals surface area contributed by atoms with Crippen molar-refractivity contribution < 1.29 is 4.39 Å². The molecule has 1 aromatic heterocycles. The van der Waals surface area contributed by atoms with Crippen LogP contribution in [0.15, 0.2) is 35.1 Å². The number of rotatable bonds is 5. The van der Waals surface area contributed by atoms with Gasteiger partial charge in [-0.05, 0) is 25.2 Å². The number of hydrogen-bond donors (Lipinski definition) is 2. The molecule has 0 unspecified atom stereocenters. The van der Waals surface area contributed by atoms with Crippen molar-refractivity contribution in [1.82, 2.24) is 15.3 Å². The van der Waals surface area contributed by atoms with E-state index in [1.807, 2.05) is 7.05 Å². The van der Waals surface area contributed by atoms with Gasteiger partial charge in [0.2, 0.25) is 5.95 Å². The normalized spacial score (nSPS) is 10.5. The summed E-state index contributed by atoms with van der Waals surface area (Å²) in [7, 11) is 1.88. The van der Waals surface area contributed by atoms with Gasteiger partial charge >= 0.3 is 0 Å². The van der Waals surface area contributed by atoms with Crippen molar-refractivity contribution in [3.05, 3.63) is 40.9 Å². The minimum atomic E-state index is -0.289. The summed E-state index contributed by atoms with van der Waals surface area (Å²) in [5.74, 6) is 0.247. The SMILES string of the molecule is CNCCNc1ncc(-c2cc(Br)ccc2F)cn1. The van der Waals surface area contributed by atoms with Crippen LogP contribution in [0.5, 0.6) is 0 Å². The Hall–Kier alpha value is -1.53. The zero-order valence-corrected chi connectivity index (χ0v) is 12.0. The first-order valence-corrected chi connectivity index (χ1v) is 6.66. The zero-order chi connectivity index (χ0) is 13.7. The molecule has 6 heteroatoms. The summed E-state index contributed by atoms with van der Waals surface area (Å²) < 4.78 is 14.5. The molecule has 0 bridgehead atoms. The Bertz CT molecular complexity index is 545. The Morgan fingerprint density at radius 3 is 2.63 bits per heavy atom. The van der Waals surface area contributed by atoms with Gasteiger partial charge in [-0.1, -0.05) is 15.9 Å². The standard InChI is InChI=1S/C13H14BrFN4/c1-16-4-5-17-13-18-7-9(8-19-13)11-6-10(14)2-3-12(11)15/h2-3,6-8,16H,4-5H2,1H3,(H,17,18,19). The first-order chi connectivity index (χ1) is 9.20. The van der Waals surface area contributed by atoms with Crippen molar-refractivity contribution in [1.29, 1.82) is 0 Å². The fourth-order valence-corrected chi connectivity index (χ4v) is 1.94. The lowest BCUT2D eigenvalue weighted by molar-refractivity contribution is 0.631. The predicted octanol–water partition coefficient (Wildman–Crippen LogP) is 2.68. The van der Waals surface area contributed by atoms with Crippen LogP contribution in [0.4, 0.5) is 10.3 Å². The van der Waals surface area contributed by atoms with Gasteiger partial charge < -0.3 is 10.6 Å². The van der Waals surface area contributed by atoms with Crippen LogP contribution in [-0.4, -0.2) is 30.1 Å². The van der Waals surface area contributed by atoms with Crippen LogP contribution in [0.3, 0.4) is 0 Å². The van der Waals surface area contributed by atoms with Crippen molar-refractivity contribution in [2.75, 3.05) is 25.5 Å². The first-order valence-electron chi connectivity index (χ1n) is 5.86. The molecule has 1 aromatic carbocycles. The summed E-state index contributed by atoms with van der Waals surface area (Å²) in [5, 5.41) is 6.08. The van der Waals surface area contributed by atoms with Crippen LogP contribution >= 0.6 is 15.9 Å². The van der Waals surface area contributed by atoms with E-state index in [0.717, 1.165) is 17.6 Å². The molecule has 0 aliphatic rings. The molecule has 0 aliphatic heterocycles. The van der Waals surface area contributed by atoms with Crippen molar-refractivity contribution in [3.63, 3.8) is 0 Å². The topological polar surface area (TPSA) is 49.8 Å². The summed E-state index contributed by atoms with van der Waals surface area (Å²) in [6.07, 6.45) is 3.22. The summed E-state index contributed by atoms with van der Waals surface area (Å²) in [6.45, 7) is 1.56. The van der Waals surface area contributed by atoms with E-state index < -0.39 is 0 Å². The second-order valence-electron chi connectivity index (χ2n) is 3.95. The molecule has 0 spiro atoms. The molecule has 19 heavy (non-hydrogen) atoms.